The van der Waals surface area contributed by atoms with Crippen molar-refractivity contribution in [1.29, 1.82) is 0 Å². The first-order valence-electron chi connectivity index (χ1n) is 13.7. The molecule has 5 rings (SSSR count). The number of nitrogens with two attached hydrogens (primary N) is 1. The second-order valence-electron chi connectivity index (χ2n) is 11.0. The van der Waals surface area contributed by atoms with E-state index in [9.17, 15) is 26.3 Å². The van der Waals surface area contributed by atoms with Crippen LogP contribution in [0.2, 0.25) is 0 Å². The second kappa shape index (κ2) is 11.8. The maximum atomic E-state index is 13.3. The van der Waals surface area contributed by atoms with Crippen molar-refractivity contribution in [1.82, 2.24) is 4.90 Å². The number of hydrogen-bond donors (Lipinski definition) is 1. The van der Waals surface area contributed by atoms with Gasteiger partial charge in [0.1, 0.15) is 5.75 Å². The maximum Gasteiger partial charge on any atom is 0.573 e. The summed E-state index contributed by atoms with van der Waals surface area (Å²) >= 11 is 0. The summed E-state index contributed by atoms with van der Waals surface area (Å²) in [5.74, 6) is -2.39. The lowest BCUT2D eigenvalue weighted by atomic mass is 9.63. The van der Waals surface area contributed by atoms with Gasteiger partial charge in [0.05, 0.1) is 31.1 Å². The smallest absolute Gasteiger partial charge is 0.405 e. The molecule has 2 saturated heterocycles. The molecular weight excluding hydrogens is 552 g/mol. The number of nitrogens with zero attached hydrogens (tertiary/aromatic N) is 2. The fraction of sp³-hybridized carbons (Fsp3) is 0.552. The minimum Gasteiger partial charge on any atom is -0.405 e. The highest BCUT2D eigenvalue weighted by atomic mass is 19.4. The van der Waals surface area contributed by atoms with Crippen molar-refractivity contribution >= 4 is 11.5 Å². The molecule has 3 aliphatic rings. The molecule has 41 heavy (non-hydrogen) atoms. The number of aliphatic imine (C=N–C) groups is 1. The van der Waals surface area contributed by atoms with Gasteiger partial charge in [-0.15, -0.1) is 13.2 Å². The van der Waals surface area contributed by atoms with Crippen LogP contribution in [0.3, 0.4) is 0 Å². The van der Waals surface area contributed by atoms with E-state index in [1.165, 1.54) is 6.07 Å². The van der Waals surface area contributed by atoms with Crippen LogP contribution in [0, 0.1) is 5.92 Å². The van der Waals surface area contributed by atoms with E-state index in [-0.39, 0.29) is 29.7 Å². The van der Waals surface area contributed by atoms with Gasteiger partial charge >= 0.3 is 12.5 Å². The van der Waals surface area contributed by atoms with Gasteiger partial charge in [-0.05, 0) is 48.9 Å². The van der Waals surface area contributed by atoms with Gasteiger partial charge in [-0.3, -0.25) is 4.90 Å². The van der Waals surface area contributed by atoms with Gasteiger partial charge in [-0.2, -0.15) is 13.2 Å². The standard InChI is InChI=1S/C29H33F6N3O3/c30-28(31,32)26(36)37-22-8-9-24(41-29(33,34)35)23(15-22)21-16-27(40-18-21)10-4-7-20(17-38-11-13-39-14-12-38)25(27)19-5-2-1-3-6-19/h1-3,5-6,8-9,15,20-21,25H,4,7,10-14,16-18H2,(H2,36,37)/t20-,21-,25-,27-/m1/s1. The van der Waals surface area contributed by atoms with Crippen molar-refractivity contribution in [2.24, 2.45) is 16.6 Å². The average molecular weight is 586 g/mol. The number of benzene rings is 2. The number of ether oxygens (including phenoxy) is 3. The van der Waals surface area contributed by atoms with Crippen molar-refractivity contribution in [3.8, 4) is 5.75 Å². The Labute approximate surface area is 234 Å². The van der Waals surface area contributed by atoms with E-state index in [1.807, 2.05) is 18.2 Å². The zero-order valence-corrected chi connectivity index (χ0v) is 22.4. The number of alkyl halides is 6. The quantitative estimate of drug-likeness (QED) is 0.245. The predicted molar refractivity (Wildman–Crippen MR) is 140 cm³/mol. The van der Waals surface area contributed by atoms with E-state index in [4.69, 9.17) is 15.2 Å². The first-order valence-corrected chi connectivity index (χ1v) is 13.7. The molecule has 2 aromatic rings. The molecule has 12 heteroatoms. The highest BCUT2D eigenvalue weighted by molar-refractivity contribution is 5.88. The number of halogens is 6. The summed E-state index contributed by atoms with van der Waals surface area (Å²) in [7, 11) is 0. The lowest BCUT2D eigenvalue weighted by Crippen LogP contribution is -2.48. The van der Waals surface area contributed by atoms with Crippen LogP contribution in [0.1, 0.15) is 48.6 Å². The summed E-state index contributed by atoms with van der Waals surface area (Å²) in [6, 6.07) is 13.2. The molecule has 1 spiro atoms. The molecular formula is C29H33F6N3O3. The molecule has 0 aromatic heterocycles. The van der Waals surface area contributed by atoms with E-state index in [0.29, 0.717) is 19.6 Å². The van der Waals surface area contributed by atoms with Crippen LogP contribution in [0.4, 0.5) is 32.0 Å². The number of morpholine rings is 1. The van der Waals surface area contributed by atoms with Gasteiger partial charge in [-0.1, -0.05) is 36.8 Å². The van der Waals surface area contributed by atoms with Crippen molar-refractivity contribution in [2.45, 2.75) is 55.7 Å². The van der Waals surface area contributed by atoms with Gasteiger partial charge < -0.3 is 19.9 Å². The zero-order valence-electron chi connectivity index (χ0n) is 22.4. The number of amidine groups is 1. The summed E-state index contributed by atoms with van der Waals surface area (Å²) < 4.78 is 95.4. The molecule has 0 amide bonds. The van der Waals surface area contributed by atoms with Crippen LogP contribution in [-0.2, 0) is 9.47 Å². The Bertz CT molecular complexity index is 1220. The number of rotatable bonds is 6. The van der Waals surface area contributed by atoms with E-state index in [1.54, 1.807) is 0 Å². The monoisotopic (exact) mass is 585 g/mol. The van der Waals surface area contributed by atoms with Gasteiger partial charge in [0.2, 0.25) is 5.84 Å². The van der Waals surface area contributed by atoms with Crippen molar-refractivity contribution < 1.29 is 40.6 Å². The van der Waals surface area contributed by atoms with E-state index >= 15 is 0 Å². The summed E-state index contributed by atoms with van der Waals surface area (Å²) in [6.07, 6.45) is -6.87. The van der Waals surface area contributed by atoms with E-state index < -0.39 is 35.6 Å². The van der Waals surface area contributed by atoms with Crippen LogP contribution < -0.4 is 10.5 Å². The molecule has 0 bridgehead atoms. The molecule has 2 aliphatic heterocycles. The van der Waals surface area contributed by atoms with Crippen LogP contribution in [0.25, 0.3) is 0 Å². The second-order valence-corrected chi connectivity index (χ2v) is 11.0. The Morgan fingerprint density at radius 2 is 1.78 bits per heavy atom. The third-order valence-corrected chi connectivity index (χ3v) is 8.33. The van der Waals surface area contributed by atoms with Crippen molar-refractivity contribution in [2.75, 3.05) is 39.5 Å². The Hall–Kier alpha value is -2.83. The van der Waals surface area contributed by atoms with Gasteiger partial charge in [0, 0.05) is 37.0 Å². The lowest BCUT2D eigenvalue weighted by molar-refractivity contribution is -0.275. The molecule has 2 heterocycles. The Balaban J connectivity index is 1.49. The highest BCUT2D eigenvalue weighted by Gasteiger charge is 2.52. The molecule has 3 fully saturated rings. The van der Waals surface area contributed by atoms with Crippen LogP contribution in [0.5, 0.6) is 5.75 Å². The predicted octanol–water partition coefficient (Wildman–Crippen LogP) is 6.30. The van der Waals surface area contributed by atoms with E-state index in [2.05, 4.69) is 26.8 Å². The largest absolute Gasteiger partial charge is 0.573 e. The Morgan fingerprint density at radius 1 is 1.05 bits per heavy atom. The third-order valence-electron chi connectivity index (χ3n) is 8.33. The fourth-order valence-corrected chi connectivity index (χ4v) is 6.70. The highest BCUT2D eigenvalue weighted by Crippen LogP contribution is 2.55. The topological polar surface area (TPSA) is 69.3 Å². The van der Waals surface area contributed by atoms with Crippen LogP contribution in [-0.4, -0.2) is 68.3 Å². The van der Waals surface area contributed by atoms with Gasteiger partial charge in [0.15, 0.2) is 0 Å². The van der Waals surface area contributed by atoms with Crippen LogP contribution in [0.15, 0.2) is 53.5 Å². The SMILES string of the molecule is NC(=Nc1ccc(OC(F)(F)F)c([C@H]2CO[C@]3(CCC[C@H](CN4CCOCC4)[C@H]3c3ccccc3)C2)c1)C(F)(F)F. The summed E-state index contributed by atoms with van der Waals surface area (Å²) in [6.45, 7) is 3.96. The maximum absolute atomic E-state index is 13.3. The minimum atomic E-state index is -4.98. The summed E-state index contributed by atoms with van der Waals surface area (Å²) in [5, 5.41) is 0. The molecule has 2 aromatic carbocycles. The Morgan fingerprint density at radius 3 is 2.46 bits per heavy atom. The molecule has 1 saturated carbocycles. The summed E-state index contributed by atoms with van der Waals surface area (Å²) in [5.41, 5.74) is 5.43. The van der Waals surface area contributed by atoms with Crippen LogP contribution >= 0.6 is 0 Å². The van der Waals surface area contributed by atoms with E-state index in [0.717, 1.165) is 56.6 Å². The lowest BCUT2D eigenvalue weighted by Gasteiger charge is -2.47. The zero-order chi connectivity index (χ0) is 29.3. The number of hydrogen-bond acceptors (Lipinski definition) is 5. The average Bonchev–Trinajstić information content (AvgIpc) is 3.33. The molecule has 1 aliphatic carbocycles. The summed E-state index contributed by atoms with van der Waals surface area (Å²) in [4.78, 5) is 5.81. The molecule has 2 N–H and O–H groups in total. The van der Waals surface area contributed by atoms with Gasteiger partial charge in [-0.25, -0.2) is 4.99 Å². The normalized spacial score (nSPS) is 28.2. The Kier molecular flexibility index (Phi) is 8.54. The molecule has 0 unspecified atom stereocenters. The minimum absolute atomic E-state index is 0.0145. The van der Waals surface area contributed by atoms with Crippen molar-refractivity contribution in [3.63, 3.8) is 0 Å². The van der Waals surface area contributed by atoms with Gasteiger partial charge in [0.25, 0.3) is 0 Å². The fourth-order valence-electron chi connectivity index (χ4n) is 6.70. The van der Waals surface area contributed by atoms with Crippen molar-refractivity contribution in [3.05, 3.63) is 59.7 Å². The third kappa shape index (κ3) is 6.98. The molecule has 224 valence electrons. The molecule has 4 atom stereocenters. The molecule has 0 radical (unpaired) electrons. The first-order chi connectivity index (χ1) is 19.4. The first kappa shape index (κ1) is 29.7. The molecule has 6 nitrogen and oxygen atoms in total.